The maximum atomic E-state index is 12.6. The number of nitrogens with one attached hydrogen (secondary N) is 1. The van der Waals surface area contributed by atoms with Crippen molar-refractivity contribution in [1.29, 1.82) is 0 Å². The Morgan fingerprint density at radius 3 is 2.73 bits per heavy atom. The molecule has 2 rings (SSSR count). The number of fused-ring (bicyclic) bond motifs is 1. The van der Waals surface area contributed by atoms with Crippen molar-refractivity contribution in [3.05, 3.63) is 28.6 Å². The summed E-state index contributed by atoms with van der Waals surface area (Å²) in [5.41, 5.74) is 6.77. The number of rotatable bonds is 6. The van der Waals surface area contributed by atoms with Crippen LogP contribution in [-0.4, -0.2) is 25.6 Å². The molecule has 120 valence electrons. The average molecular weight is 320 g/mol. The number of ether oxygens (including phenoxy) is 1. The van der Waals surface area contributed by atoms with Crippen LogP contribution >= 0.6 is 11.3 Å². The third kappa shape index (κ3) is 3.59. The van der Waals surface area contributed by atoms with Crippen molar-refractivity contribution in [2.24, 2.45) is 11.7 Å². The monoisotopic (exact) mass is 320 g/mol. The molecule has 0 spiro atoms. The Balaban J connectivity index is 2.26. The van der Waals surface area contributed by atoms with Crippen LogP contribution in [0.25, 0.3) is 10.1 Å². The fourth-order valence-electron chi connectivity index (χ4n) is 2.58. The Bertz CT molecular complexity index is 664. The summed E-state index contributed by atoms with van der Waals surface area (Å²) >= 11 is 1.51. The number of aryl methyl sites for hydroxylation is 1. The molecule has 1 heterocycles. The lowest BCUT2D eigenvalue weighted by atomic mass is 10.0. The van der Waals surface area contributed by atoms with Gasteiger partial charge in [0.15, 0.2) is 0 Å². The summed E-state index contributed by atoms with van der Waals surface area (Å²) < 4.78 is 6.35. The molecule has 1 aromatic heterocycles. The molecule has 4 nitrogen and oxygen atoms in total. The first-order valence-electron chi connectivity index (χ1n) is 7.54. The van der Waals surface area contributed by atoms with Crippen LogP contribution in [0.5, 0.6) is 5.75 Å². The van der Waals surface area contributed by atoms with Gasteiger partial charge in [0.1, 0.15) is 5.75 Å². The van der Waals surface area contributed by atoms with Crippen LogP contribution in [0.2, 0.25) is 0 Å². The first-order chi connectivity index (χ1) is 10.5. The molecule has 0 aliphatic carbocycles. The van der Waals surface area contributed by atoms with Crippen LogP contribution in [-0.2, 0) is 0 Å². The molecule has 3 N–H and O–H groups in total. The van der Waals surface area contributed by atoms with Crippen molar-refractivity contribution in [3.8, 4) is 5.75 Å². The Morgan fingerprint density at radius 1 is 1.41 bits per heavy atom. The van der Waals surface area contributed by atoms with Gasteiger partial charge >= 0.3 is 0 Å². The summed E-state index contributed by atoms with van der Waals surface area (Å²) in [6, 6.07) is 5.91. The van der Waals surface area contributed by atoms with Crippen molar-refractivity contribution < 1.29 is 9.53 Å². The number of hydrogen-bond acceptors (Lipinski definition) is 4. The fourth-order valence-corrected chi connectivity index (χ4v) is 3.67. The van der Waals surface area contributed by atoms with Gasteiger partial charge in [0, 0.05) is 17.3 Å². The summed E-state index contributed by atoms with van der Waals surface area (Å²) in [6.45, 7) is 6.70. The highest BCUT2D eigenvalue weighted by molar-refractivity contribution is 7.21. The highest BCUT2D eigenvalue weighted by Crippen LogP contribution is 2.33. The standard InChI is InChI=1S/C17H24N2O2S/c1-10(2)7-12(9-18)19-17(20)16-11(3)14-8-13(21-4)5-6-15(14)22-16/h5-6,8,10,12H,7,9,18H2,1-4H3,(H,19,20). The van der Waals surface area contributed by atoms with Gasteiger partial charge in [-0.25, -0.2) is 0 Å². The Labute approximate surface area is 135 Å². The molecule has 1 atom stereocenters. The highest BCUT2D eigenvalue weighted by Gasteiger charge is 2.19. The zero-order valence-electron chi connectivity index (χ0n) is 13.6. The predicted octanol–water partition coefficient (Wildman–Crippen LogP) is 3.32. The molecule has 0 saturated carbocycles. The van der Waals surface area contributed by atoms with E-state index < -0.39 is 0 Å². The molecule has 0 saturated heterocycles. The van der Waals surface area contributed by atoms with E-state index in [0.29, 0.717) is 12.5 Å². The summed E-state index contributed by atoms with van der Waals surface area (Å²) in [5.74, 6) is 1.27. The summed E-state index contributed by atoms with van der Waals surface area (Å²) in [7, 11) is 1.65. The number of thiophene rings is 1. The maximum absolute atomic E-state index is 12.6. The quantitative estimate of drug-likeness (QED) is 0.858. The lowest BCUT2D eigenvalue weighted by molar-refractivity contribution is 0.0937. The van der Waals surface area contributed by atoms with E-state index in [2.05, 4.69) is 19.2 Å². The largest absolute Gasteiger partial charge is 0.497 e. The minimum absolute atomic E-state index is 0.0200. The first-order valence-corrected chi connectivity index (χ1v) is 8.36. The van der Waals surface area contributed by atoms with Crippen molar-refractivity contribution in [2.75, 3.05) is 13.7 Å². The van der Waals surface area contributed by atoms with Crippen LogP contribution in [0.1, 0.15) is 35.5 Å². The van der Waals surface area contributed by atoms with Crippen LogP contribution < -0.4 is 15.8 Å². The molecule has 22 heavy (non-hydrogen) atoms. The Hall–Kier alpha value is -1.59. The second-order valence-corrected chi connectivity index (χ2v) is 7.01. The summed E-state index contributed by atoms with van der Waals surface area (Å²) in [6.07, 6.45) is 0.889. The van der Waals surface area contributed by atoms with Gasteiger partial charge in [-0.3, -0.25) is 4.79 Å². The zero-order valence-corrected chi connectivity index (χ0v) is 14.4. The lowest BCUT2D eigenvalue weighted by Crippen LogP contribution is -2.40. The van der Waals surface area contributed by atoms with Gasteiger partial charge in [-0.1, -0.05) is 13.8 Å². The minimum Gasteiger partial charge on any atom is -0.497 e. The fraction of sp³-hybridized carbons (Fsp3) is 0.471. The van der Waals surface area contributed by atoms with E-state index in [1.807, 2.05) is 25.1 Å². The molecular formula is C17H24N2O2S. The number of amides is 1. The Kier molecular flexibility index (Phi) is 5.42. The van der Waals surface area contributed by atoms with E-state index in [-0.39, 0.29) is 11.9 Å². The summed E-state index contributed by atoms with van der Waals surface area (Å²) in [5, 5.41) is 4.13. The van der Waals surface area contributed by atoms with Crippen molar-refractivity contribution >= 4 is 27.3 Å². The topological polar surface area (TPSA) is 64.3 Å². The van der Waals surface area contributed by atoms with Gasteiger partial charge in [-0.15, -0.1) is 11.3 Å². The number of benzene rings is 1. The second kappa shape index (κ2) is 7.11. The molecule has 2 aromatic rings. The zero-order chi connectivity index (χ0) is 16.3. The van der Waals surface area contributed by atoms with Gasteiger partial charge in [-0.05, 0) is 48.4 Å². The van der Waals surface area contributed by atoms with Crippen molar-refractivity contribution in [2.45, 2.75) is 33.2 Å². The van der Waals surface area contributed by atoms with Crippen LogP contribution in [0.15, 0.2) is 18.2 Å². The normalized spacial score (nSPS) is 12.6. The van der Waals surface area contributed by atoms with Gasteiger partial charge in [0.25, 0.3) is 5.91 Å². The minimum atomic E-state index is -0.0335. The lowest BCUT2D eigenvalue weighted by Gasteiger charge is -2.18. The predicted molar refractivity (Wildman–Crippen MR) is 92.9 cm³/mol. The van der Waals surface area contributed by atoms with Gasteiger partial charge in [0.05, 0.1) is 12.0 Å². The van der Waals surface area contributed by atoms with E-state index in [9.17, 15) is 4.79 Å². The van der Waals surface area contributed by atoms with E-state index >= 15 is 0 Å². The smallest absolute Gasteiger partial charge is 0.261 e. The molecule has 1 aromatic carbocycles. The number of nitrogens with two attached hydrogens (primary N) is 1. The molecular weight excluding hydrogens is 296 g/mol. The molecule has 0 fully saturated rings. The molecule has 1 unspecified atom stereocenters. The molecule has 5 heteroatoms. The molecule has 0 aliphatic heterocycles. The third-order valence-corrected chi connectivity index (χ3v) is 5.00. The third-order valence-electron chi connectivity index (χ3n) is 3.73. The molecule has 0 aliphatic rings. The van der Waals surface area contributed by atoms with Crippen LogP contribution in [0.3, 0.4) is 0 Å². The summed E-state index contributed by atoms with van der Waals surface area (Å²) in [4.78, 5) is 13.3. The SMILES string of the molecule is COc1ccc2sc(C(=O)NC(CN)CC(C)C)c(C)c2c1. The van der Waals surface area contributed by atoms with Crippen molar-refractivity contribution in [1.82, 2.24) is 5.32 Å². The van der Waals surface area contributed by atoms with Gasteiger partial charge in [-0.2, -0.15) is 0 Å². The number of carbonyl (C=O) groups excluding carboxylic acids is 1. The number of hydrogen-bond donors (Lipinski definition) is 2. The number of carbonyl (C=O) groups is 1. The molecule has 0 bridgehead atoms. The maximum Gasteiger partial charge on any atom is 0.261 e. The van der Waals surface area contributed by atoms with E-state index in [1.54, 1.807) is 7.11 Å². The van der Waals surface area contributed by atoms with E-state index in [1.165, 1.54) is 11.3 Å². The second-order valence-electron chi connectivity index (χ2n) is 5.95. The van der Waals surface area contributed by atoms with Crippen LogP contribution in [0.4, 0.5) is 0 Å². The first kappa shape index (κ1) is 16.8. The molecule has 1 amide bonds. The van der Waals surface area contributed by atoms with Gasteiger partial charge in [0.2, 0.25) is 0 Å². The van der Waals surface area contributed by atoms with Crippen LogP contribution in [0, 0.1) is 12.8 Å². The molecule has 0 radical (unpaired) electrons. The van der Waals surface area contributed by atoms with E-state index in [0.717, 1.165) is 32.7 Å². The Morgan fingerprint density at radius 2 is 2.14 bits per heavy atom. The van der Waals surface area contributed by atoms with Gasteiger partial charge < -0.3 is 15.8 Å². The highest BCUT2D eigenvalue weighted by atomic mass is 32.1. The van der Waals surface area contributed by atoms with Crippen molar-refractivity contribution in [3.63, 3.8) is 0 Å². The average Bonchev–Trinajstić information content (AvgIpc) is 2.82. The number of methoxy groups -OCH3 is 1. The van der Waals surface area contributed by atoms with E-state index in [4.69, 9.17) is 10.5 Å².